The molecule has 4 rings (SSSR count). The van der Waals surface area contributed by atoms with Gasteiger partial charge in [-0.3, -0.25) is 15.0 Å². The van der Waals surface area contributed by atoms with Crippen molar-refractivity contribution in [3.05, 3.63) is 63.7 Å². The fraction of sp³-hybridized carbons (Fsp3) is 0.250. The summed E-state index contributed by atoms with van der Waals surface area (Å²) in [6.07, 6.45) is 1.65. The molecule has 9 heteroatoms. The third-order valence-electron chi connectivity index (χ3n) is 4.74. The Morgan fingerprint density at radius 3 is 2.41 bits per heavy atom. The molecular formula is C20H17F2N3O4. The molecule has 1 N–H and O–H groups in total. The van der Waals surface area contributed by atoms with Gasteiger partial charge in [-0.05, 0) is 37.1 Å². The van der Waals surface area contributed by atoms with Gasteiger partial charge in [-0.2, -0.15) is 0 Å². The molecule has 3 aromatic rings. The van der Waals surface area contributed by atoms with Crippen LogP contribution in [0.3, 0.4) is 0 Å². The molecule has 1 aliphatic carbocycles. The van der Waals surface area contributed by atoms with Gasteiger partial charge in [0.2, 0.25) is 0 Å². The van der Waals surface area contributed by atoms with Crippen molar-refractivity contribution >= 4 is 16.8 Å². The molecule has 29 heavy (non-hydrogen) atoms. The van der Waals surface area contributed by atoms with Crippen molar-refractivity contribution in [3.63, 3.8) is 0 Å². The van der Waals surface area contributed by atoms with Crippen LogP contribution in [0.25, 0.3) is 10.9 Å². The molecule has 1 aliphatic rings. The number of methoxy groups -OCH3 is 2. The molecule has 7 nitrogen and oxygen atoms in total. The molecule has 0 saturated heterocycles. The molecular weight excluding hydrogens is 384 g/mol. The Hall–Kier alpha value is -3.49. The zero-order valence-corrected chi connectivity index (χ0v) is 15.7. The quantitative estimate of drug-likeness (QED) is 0.711. The van der Waals surface area contributed by atoms with Crippen LogP contribution in [0.15, 0.2) is 35.1 Å². The van der Waals surface area contributed by atoms with Crippen molar-refractivity contribution in [1.29, 1.82) is 0 Å². The lowest BCUT2D eigenvalue weighted by atomic mass is 10.2. The van der Waals surface area contributed by atoms with Crippen LogP contribution >= 0.6 is 0 Å². The van der Waals surface area contributed by atoms with Gasteiger partial charge in [-0.15, -0.1) is 0 Å². The van der Waals surface area contributed by atoms with Crippen LogP contribution in [0.5, 0.6) is 11.5 Å². The Morgan fingerprint density at radius 1 is 1.10 bits per heavy atom. The van der Waals surface area contributed by atoms with Crippen molar-refractivity contribution in [2.24, 2.45) is 0 Å². The van der Waals surface area contributed by atoms with E-state index < -0.39 is 23.1 Å². The number of nitrogens with one attached hydrogen (secondary N) is 1. The van der Waals surface area contributed by atoms with Gasteiger partial charge in [-0.25, -0.2) is 18.4 Å². The average Bonchev–Trinajstić information content (AvgIpc) is 3.56. The summed E-state index contributed by atoms with van der Waals surface area (Å²) in [5, 5.41) is 0.220. The number of carbonyl (C=O) groups is 1. The lowest BCUT2D eigenvalue weighted by Gasteiger charge is -2.15. The van der Waals surface area contributed by atoms with Gasteiger partial charge >= 0.3 is 0 Å². The summed E-state index contributed by atoms with van der Waals surface area (Å²) in [6, 6.07) is 5.85. The average molecular weight is 401 g/mol. The molecule has 1 amide bonds. The molecule has 1 saturated carbocycles. The number of nitrogens with zero attached hydrogens (tertiary/aromatic N) is 2. The lowest BCUT2D eigenvalue weighted by Crippen LogP contribution is -2.36. The lowest BCUT2D eigenvalue weighted by molar-refractivity contribution is 0.101. The van der Waals surface area contributed by atoms with Gasteiger partial charge in [0.05, 0.1) is 25.1 Å². The SMILES string of the molecule is COc1cc2nc(C3CC3)n(NC(=O)c3ccc(F)c(F)c3)c(=O)c2cc1OC. The summed E-state index contributed by atoms with van der Waals surface area (Å²) < 4.78 is 38.2. The van der Waals surface area contributed by atoms with E-state index in [9.17, 15) is 18.4 Å². The number of amides is 1. The van der Waals surface area contributed by atoms with E-state index in [0.717, 1.165) is 35.7 Å². The van der Waals surface area contributed by atoms with E-state index in [1.165, 1.54) is 20.3 Å². The minimum absolute atomic E-state index is 0.0189. The number of benzene rings is 2. The molecule has 1 heterocycles. The zero-order valence-electron chi connectivity index (χ0n) is 15.7. The summed E-state index contributed by atoms with van der Waals surface area (Å²) >= 11 is 0. The van der Waals surface area contributed by atoms with Crippen LogP contribution in [0, 0.1) is 11.6 Å². The maximum absolute atomic E-state index is 13.5. The van der Waals surface area contributed by atoms with Crippen molar-refractivity contribution in [1.82, 2.24) is 9.66 Å². The molecule has 0 radical (unpaired) electrons. The highest BCUT2D eigenvalue weighted by molar-refractivity contribution is 6.00. The van der Waals surface area contributed by atoms with E-state index in [4.69, 9.17) is 9.47 Å². The van der Waals surface area contributed by atoms with Gasteiger partial charge in [0.25, 0.3) is 11.5 Å². The number of ether oxygens (including phenoxy) is 2. The minimum atomic E-state index is -1.15. The molecule has 0 spiro atoms. The normalized spacial score (nSPS) is 13.4. The first-order chi connectivity index (χ1) is 13.9. The molecule has 0 aliphatic heterocycles. The van der Waals surface area contributed by atoms with Crippen LogP contribution in [0.4, 0.5) is 8.78 Å². The van der Waals surface area contributed by atoms with Gasteiger partial charge < -0.3 is 9.47 Å². The molecule has 0 unspecified atom stereocenters. The Kier molecular flexibility index (Phi) is 4.65. The van der Waals surface area contributed by atoms with Crippen molar-refractivity contribution < 1.29 is 23.0 Å². The van der Waals surface area contributed by atoms with Crippen LogP contribution < -0.4 is 20.5 Å². The number of rotatable bonds is 5. The minimum Gasteiger partial charge on any atom is -0.493 e. The Balaban J connectivity index is 1.83. The molecule has 0 atom stereocenters. The number of halogens is 2. The third-order valence-corrected chi connectivity index (χ3v) is 4.74. The topological polar surface area (TPSA) is 82.5 Å². The third kappa shape index (κ3) is 3.39. The first kappa shape index (κ1) is 18.9. The van der Waals surface area contributed by atoms with E-state index in [2.05, 4.69) is 10.4 Å². The molecule has 1 fully saturated rings. The van der Waals surface area contributed by atoms with Crippen molar-refractivity contribution in [3.8, 4) is 11.5 Å². The van der Waals surface area contributed by atoms with Crippen molar-refractivity contribution in [2.45, 2.75) is 18.8 Å². The monoisotopic (exact) mass is 401 g/mol. The Labute approximate surface area is 163 Å². The van der Waals surface area contributed by atoms with Gasteiger partial charge in [0.15, 0.2) is 23.1 Å². The smallest absolute Gasteiger partial charge is 0.280 e. The highest BCUT2D eigenvalue weighted by Gasteiger charge is 2.30. The maximum Gasteiger partial charge on any atom is 0.280 e. The van der Waals surface area contributed by atoms with Crippen molar-refractivity contribution in [2.75, 3.05) is 19.6 Å². The number of hydrogen-bond acceptors (Lipinski definition) is 5. The summed E-state index contributed by atoms with van der Waals surface area (Å²) in [7, 11) is 2.92. The highest BCUT2D eigenvalue weighted by atomic mass is 19.2. The van der Waals surface area contributed by atoms with E-state index in [1.807, 2.05) is 0 Å². The first-order valence-electron chi connectivity index (χ1n) is 8.88. The number of fused-ring (bicyclic) bond motifs is 1. The fourth-order valence-electron chi connectivity index (χ4n) is 3.06. The number of aromatic nitrogens is 2. The fourth-order valence-corrected chi connectivity index (χ4v) is 3.06. The second kappa shape index (κ2) is 7.16. The van der Waals surface area contributed by atoms with Crippen LogP contribution in [0.1, 0.15) is 34.9 Å². The summed E-state index contributed by atoms with van der Waals surface area (Å²) in [5.41, 5.74) is 2.25. The van der Waals surface area contributed by atoms with Crippen LogP contribution in [0.2, 0.25) is 0 Å². The Bertz CT molecular complexity index is 1190. The van der Waals surface area contributed by atoms with Crippen LogP contribution in [-0.2, 0) is 0 Å². The Morgan fingerprint density at radius 2 is 1.79 bits per heavy atom. The predicted octanol–water partition coefficient (Wildman–Crippen LogP) is 2.95. The number of hydrogen-bond donors (Lipinski definition) is 1. The van der Waals surface area contributed by atoms with E-state index >= 15 is 0 Å². The second-order valence-electron chi connectivity index (χ2n) is 6.68. The highest BCUT2D eigenvalue weighted by Crippen LogP contribution is 2.39. The molecule has 1 aromatic heterocycles. The van der Waals surface area contributed by atoms with Gasteiger partial charge in [-0.1, -0.05) is 0 Å². The zero-order chi connectivity index (χ0) is 20.7. The summed E-state index contributed by atoms with van der Waals surface area (Å²) in [5.74, 6) is -1.79. The van der Waals surface area contributed by atoms with E-state index in [-0.39, 0.29) is 16.9 Å². The van der Waals surface area contributed by atoms with Crippen LogP contribution in [-0.4, -0.2) is 29.8 Å². The second-order valence-corrected chi connectivity index (χ2v) is 6.68. The largest absolute Gasteiger partial charge is 0.493 e. The van der Waals surface area contributed by atoms with E-state index in [1.54, 1.807) is 6.07 Å². The first-order valence-corrected chi connectivity index (χ1v) is 8.88. The van der Waals surface area contributed by atoms with Gasteiger partial charge in [0, 0.05) is 17.5 Å². The van der Waals surface area contributed by atoms with E-state index in [0.29, 0.717) is 22.8 Å². The molecule has 0 bridgehead atoms. The maximum atomic E-state index is 13.5. The number of carbonyl (C=O) groups excluding carboxylic acids is 1. The molecule has 150 valence electrons. The predicted molar refractivity (Wildman–Crippen MR) is 101 cm³/mol. The standard InChI is InChI=1S/C20H17F2N3O4/c1-28-16-8-12-15(9-17(16)29-2)23-18(10-3-4-10)25(20(12)27)24-19(26)11-5-6-13(21)14(22)7-11/h5-10H,3-4H2,1-2H3,(H,24,26). The summed E-state index contributed by atoms with van der Waals surface area (Å²) in [6.45, 7) is 0. The molecule has 2 aromatic carbocycles. The van der Waals surface area contributed by atoms with Gasteiger partial charge in [0.1, 0.15) is 5.82 Å². The summed E-state index contributed by atoms with van der Waals surface area (Å²) in [4.78, 5) is 30.2.